The van der Waals surface area contributed by atoms with Gasteiger partial charge in [0.15, 0.2) is 5.66 Å². The van der Waals surface area contributed by atoms with Crippen molar-refractivity contribution in [1.29, 1.82) is 0 Å². The Kier molecular flexibility index (Phi) is 5.97. The number of amides is 2. The monoisotopic (exact) mass is 386 g/mol. The lowest BCUT2D eigenvalue weighted by Gasteiger charge is -2.37. The number of carbonyl (C=O) groups excluding carboxylic acids is 2. The van der Waals surface area contributed by atoms with Crippen molar-refractivity contribution >= 4 is 12.0 Å². The molecule has 9 nitrogen and oxygen atoms in total. The Morgan fingerprint density at radius 3 is 2.82 bits per heavy atom. The van der Waals surface area contributed by atoms with Gasteiger partial charge in [-0.3, -0.25) is 9.48 Å². The fraction of sp³-hybridized carbons (Fsp3) is 0.632. The van der Waals surface area contributed by atoms with Crippen LogP contribution in [0, 0.1) is 18.3 Å². The number of terminal acetylenes is 1. The molecule has 2 aliphatic rings. The summed E-state index contributed by atoms with van der Waals surface area (Å²) in [7, 11) is 3.21. The highest BCUT2D eigenvalue weighted by Gasteiger charge is 2.40. The van der Waals surface area contributed by atoms with E-state index in [2.05, 4.69) is 26.6 Å². The third kappa shape index (κ3) is 4.32. The SMILES string of the molecule is C#CCCC1(CCNC(=O)[C@H]2CCN(C(=O)OC)C[C@H]2c2ccnn2C)N=N1. The minimum Gasteiger partial charge on any atom is -0.453 e. The van der Waals surface area contributed by atoms with E-state index in [-0.39, 0.29) is 23.8 Å². The first-order chi connectivity index (χ1) is 13.5. The van der Waals surface area contributed by atoms with Crippen molar-refractivity contribution in [1.82, 2.24) is 20.0 Å². The van der Waals surface area contributed by atoms with Gasteiger partial charge in [0.2, 0.25) is 5.91 Å². The highest BCUT2D eigenvalue weighted by Crippen LogP contribution is 2.36. The number of nitrogens with zero attached hydrogens (tertiary/aromatic N) is 5. The summed E-state index contributed by atoms with van der Waals surface area (Å²) in [6.07, 6.45) is 9.18. The number of piperidine rings is 1. The number of aryl methyl sites for hydroxylation is 1. The summed E-state index contributed by atoms with van der Waals surface area (Å²) in [6, 6.07) is 1.89. The molecule has 0 aromatic carbocycles. The molecule has 2 aliphatic heterocycles. The Morgan fingerprint density at radius 2 is 2.21 bits per heavy atom. The van der Waals surface area contributed by atoms with E-state index in [1.165, 1.54) is 7.11 Å². The number of nitrogens with one attached hydrogen (secondary N) is 1. The van der Waals surface area contributed by atoms with Gasteiger partial charge in [-0.25, -0.2) is 4.79 Å². The third-order valence-electron chi connectivity index (χ3n) is 5.50. The predicted octanol–water partition coefficient (Wildman–Crippen LogP) is 1.67. The number of hydrogen-bond acceptors (Lipinski definition) is 6. The topological polar surface area (TPSA) is 101 Å². The third-order valence-corrected chi connectivity index (χ3v) is 5.50. The number of ether oxygens (including phenoxy) is 1. The van der Waals surface area contributed by atoms with Gasteiger partial charge in [-0.2, -0.15) is 15.3 Å². The first-order valence-corrected chi connectivity index (χ1v) is 9.45. The molecule has 0 bridgehead atoms. The van der Waals surface area contributed by atoms with E-state index in [9.17, 15) is 9.59 Å². The molecule has 28 heavy (non-hydrogen) atoms. The molecule has 3 rings (SSSR count). The van der Waals surface area contributed by atoms with Gasteiger partial charge in [-0.05, 0) is 12.5 Å². The zero-order chi connectivity index (χ0) is 20.1. The summed E-state index contributed by atoms with van der Waals surface area (Å²) in [5.41, 5.74) is 0.515. The van der Waals surface area contributed by atoms with Crippen LogP contribution in [0.4, 0.5) is 4.79 Å². The first kappa shape index (κ1) is 19.9. The highest BCUT2D eigenvalue weighted by molar-refractivity contribution is 5.80. The molecule has 3 heterocycles. The Bertz CT molecular complexity index is 790. The number of methoxy groups -OCH3 is 1. The fourth-order valence-electron chi connectivity index (χ4n) is 3.79. The predicted molar refractivity (Wildman–Crippen MR) is 101 cm³/mol. The quantitative estimate of drug-likeness (QED) is 0.720. The molecule has 9 heteroatoms. The van der Waals surface area contributed by atoms with Crippen molar-refractivity contribution in [2.24, 2.45) is 23.2 Å². The van der Waals surface area contributed by atoms with E-state index < -0.39 is 5.66 Å². The standard InChI is InChI=1S/C19H26N6O3/c1-4-5-8-19(22-23-19)9-11-20-17(26)14-7-12-25(18(27)28-3)13-15(14)16-6-10-21-24(16)2/h1,6,10,14-15H,5,7-9,11-13H2,2-3H3,(H,20,26)/t14-,15+/m0/s1. The fourth-order valence-corrected chi connectivity index (χ4v) is 3.79. The normalized spacial score (nSPS) is 22.4. The number of aromatic nitrogens is 2. The average molecular weight is 386 g/mol. The van der Waals surface area contributed by atoms with Gasteiger partial charge in [0.1, 0.15) is 0 Å². The minimum atomic E-state index is -0.407. The van der Waals surface area contributed by atoms with Crippen LogP contribution in [0.15, 0.2) is 22.5 Å². The summed E-state index contributed by atoms with van der Waals surface area (Å²) in [5, 5.41) is 15.4. The van der Waals surface area contributed by atoms with E-state index in [4.69, 9.17) is 11.2 Å². The molecular formula is C19H26N6O3. The van der Waals surface area contributed by atoms with Crippen LogP contribution in [-0.4, -0.2) is 59.1 Å². The van der Waals surface area contributed by atoms with Gasteiger partial charge in [0.05, 0.1) is 7.11 Å². The zero-order valence-electron chi connectivity index (χ0n) is 16.3. The van der Waals surface area contributed by atoms with Crippen LogP contribution in [0.5, 0.6) is 0 Å². The Morgan fingerprint density at radius 1 is 1.43 bits per heavy atom. The Balaban J connectivity index is 1.62. The molecule has 0 aliphatic carbocycles. The lowest BCUT2D eigenvalue weighted by molar-refractivity contribution is -0.127. The van der Waals surface area contributed by atoms with Crippen molar-refractivity contribution in [2.75, 3.05) is 26.7 Å². The maximum absolute atomic E-state index is 12.9. The van der Waals surface area contributed by atoms with Crippen molar-refractivity contribution in [2.45, 2.75) is 37.3 Å². The molecule has 1 aromatic heterocycles. The van der Waals surface area contributed by atoms with Crippen LogP contribution in [-0.2, 0) is 16.6 Å². The number of rotatable bonds is 7. The van der Waals surface area contributed by atoms with Crippen LogP contribution in [0.2, 0.25) is 0 Å². The van der Waals surface area contributed by atoms with Crippen LogP contribution in [0.1, 0.15) is 37.3 Å². The van der Waals surface area contributed by atoms with E-state index >= 15 is 0 Å². The Hall–Kier alpha value is -2.89. The van der Waals surface area contributed by atoms with Gasteiger partial charge in [0.25, 0.3) is 0 Å². The van der Waals surface area contributed by atoms with Crippen LogP contribution in [0.3, 0.4) is 0 Å². The minimum absolute atomic E-state index is 0.0246. The van der Waals surface area contributed by atoms with Crippen LogP contribution < -0.4 is 5.32 Å². The number of carbonyl (C=O) groups is 2. The Labute approximate surface area is 164 Å². The lowest BCUT2D eigenvalue weighted by atomic mass is 9.82. The smallest absolute Gasteiger partial charge is 0.409 e. The summed E-state index contributed by atoms with van der Waals surface area (Å²) >= 11 is 0. The van der Waals surface area contributed by atoms with Crippen molar-refractivity contribution in [3.8, 4) is 12.3 Å². The molecule has 1 saturated heterocycles. The van der Waals surface area contributed by atoms with Gasteiger partial charge in [-0.1, -0.05) is 0 Å². The molecule has 1 N–H and O–H groups in total. The molecule has 0 radical (unpaired) electrons. The molecule has 0 saturated carbocycles. The molecule has 150 valence electrons. The molecule has 0 unspecified atom stereocenters. The second-order valence-electron chi connectivity index (χ2n) is 7.22. The maximum atomic E-state index is 12.9. The van der Waals surface area contributed by atoms with E-state index in [1.807, 2.05) is 13.1 Å². The molecule has 2 amide bonds. The van der Waals surface area contributed by atoms with Gasteiger partial charge in [0, 0.05) is 69.7 Å². The van der Waals surface area contributed by atoms with Gasteiger partial charge >= 0.3 is 6.09 Å². The van der Waals surface area contributed by atoms with Crippen molar-refractivity contribution in [3.63, 3.8) is 0 Å². The maximum Gasteiger partial charge on any atom is 0.409 e. The second kappa shape index (κ2) is 8.42. The highest BCUT2D eigenvalue weighted by atomic mass is 16.5. The summed E-state index contributed by atoms with van der Waals surface area (Å²) < 4.78 is 6.60. The molecule has 0 spiro atoms. The molecule has 1 aromatic rings. The largest absolute Gasteiger partial charge is 0.453 e. The molecule has 1 fully saturated rings. The molecular weight excluding hydrogens is 360 g/mol. The van der Waals surface area contributed by atoms with Crippen LogP contribution in [0.25, 0.3) is 0 Å². The van der Waals surface area contributed by atoms with E-state index in [0.717, 1.165) is 5.69 Å². The summed E-state index contributed by atoms with van der Waals surface area (Å²) in [4.78, 5) is 26.5. The van der Waals surface area contributed by atoms with Gasteiger partial charge in [-0.15, -0.1) is 12.3 Å². The number of hydrogen-bond donors (Lipinski definition) is 1. The van der Waals surface area contributed by atoms with Gasteiger partial charge < -0.3 is 15.0 Å². The summed E-state index contributed by atoms with van der Waals surface area (Å²) in [5.74, 6) is 2.19. The van der Waals surface area contributed by atoms with Crippen LogP contribution >= 0.6 is 0 Å². The lowest BCUT2D eigenvalue weighted by Crippen LogP contribution is -2.48. The van der Waals surface area contributed by atoms with Crippen molar-refractivity contribution < 1.29 is 14.3 Å². The summed E-state index contributed by atoms with van der Waals surface area (Å²) in [6.45, 7) is 1.39. The van der Waals surface area contributed by atoms with Crippen molar-refractivity contribution in [3.05, 3.63) is 18.0 Å². The molecule has 2 atom stereocenters. The second-order valence-corrected chi connectivity index (χ2v) is 7.22. The number of likely N-dealkylation sites (tertiary alicyclic amines) is 1. The zero-order valence-corrected chi connectivity index (χ0v) is 16.3. The van der Waals surface area contributed by atoms with E-state index in [0.29, 0.717) is 45.3 Å². The average Bonchev–Trinajstić information content (AvgIpc) is 3.35. The first-order valence-electron chi connectivity index (χ1n) is 9.45. The van der Waals surface area contributed by atoms with E-state index in [1.54, 1.807) is 15.8 Å².